The van der Waals surface area contributed by atoms with Gasteiger partial charge in [-0.05, 0) is 43.2 Å². The third kappa shape index (κ3) is 10.9. The summed E-state index contributed by atoms with van der Waals surface area (Å²) in [4.78, 5) is 57.3. The molecule has 0 bridgehead atoms. The Labute approximate surface area is 245 Å². The zero-order valence-electron chi connectivity index (χ0n) is 24.0. The fourth-order valence-corrected chi connectivity index (χ4v) is 4.22. The molecule has 0 saturated carbocycles. The van der Waals surface area contributed by atoms with Crippen molar-refractivity contribution in [1.29, 1.82) is 5.41 Å². The monoisotopic (exact) mass is 579 g/mol. The first-order valence-electron chi connectivity index (χ1n) is 13.5. The molecule has 3 atom stereocenters. The number of carbonyl (C=O) groups is 4. The number of primary amides is 1. The Kier molecular flexibility index (Phi) is 13.0. The van der Waals surface area contributed by atoms with Crippen molar-refractivity contribution in [3.05, 3.63) is 71.3 Å². The maximum atomic E-state index is 13.6. The van der Waals surface area contributed by atoms with E-state index in [2.05, 4.69) is 15.6 Å². The highest BCUT2D eigenvalue weighted by atomic mass is 16.2. The Balaban J connectivity index is 2.26. The van der Waals surface area contributed by atoms with Crippen LogP contribution in [0.1, 0.15) is 36.0 Å². The van der Waals surface area contributed by atoms with Gasteiger partial charge in [0.1, 0.15) is 23.8 Å². The summed E-state index contributed by atoms with van der Waals surface area (Å²) in [6, 6.07) is 14.0. The maximum Gasteiger partial charge on any atom is 0.243 e. The van der Waals surface area contributed by atoms with Crippen LogP contribution < -0.4 is 33.6 Å². The Morgan fingerprint density at radius 2 is 1.45 bits per heavy atom. The van der Waals surface area contributed by atoms with Crippen LogP contribution >= 0.6 is 0 Å². The summed E-state index contributed by atoms with van der Waals surface area (Å²) < 4.78 is 0. The highest BCUT2D eigenvalue weighted by molar-refractivity contribution is 6.02. The van der Waals surface area contributed by atoms with Gasteiger partial charge in [0.2, 0.25) is 23.6 Å². The van der Waals surface area contributed by atoms with Gasteiger partial charge in [0.25, 0.3) is 0 Å². The van der Waals surface area contributed by atoms with E-state index in [1.54, 1.807) is 38.4 Å². The number of amides is 4. The molecule has 2 aromatic rings. The summed E-state index contributed by atoms with van der Waals surface area (Å²) in [6.07, 6.45) is 1.29. The minimum absolute atomic E-state index is 0.0583. The number of amidine groups is 1. The fourth-order valence-electron chi connectivity index (χ4n) is 4.22. The van der Waals surface area contributed by atoms with Gasteiger partial charge in [0.15, 0.2) is 5.96 Å². The molecule has 0 aliphatic rings. The normalized spacial score (nSPS) is 12.7. The molecule has 0 aromatic heterocycles. The van der Waals surface area contributed by atoms with Gasteiger partial charge in [-0.3, -0.25) is 29.6 Å². The Hall–Kier alpha value is -4.94. The largest absolute Gasteiger partial charge is 0.384 e. The summed E-state index contributed by atoms with van der Waals surface area (Å²) in [6.45, 7) is 0.248. The van der Waals surface area contributed by atoms with Crippen LogP contribution in [0.15, 0.2) is 59.6 Å². The predicted octanol–water partition coefficient (Wildman–Crippen LogP) is -0.641. The van der Waals surface area contributed by atoms with E-state index in [-0.39, 0.29) is 37.6 Å². The van der Waals surface area contributed by atoms with Crippen LogP contribution in [0.3, 0.4) is 0 Å². The number of nitrogens with zero attached hydrogens (tertiary/aromatic N) is 2. The van der Waals surface area contributed by atoms with Crippen molar-refractivity contribution in [1.82, 2.24) is 15.5 Å². The Morgan fingerprint density at radius 1 is 0.833 bits per heavy atom. The molecule has 42 heavy (non-hydrogen) atoms. The van der Waals surface area contributed by atoms with Gasteiger partial charge >= 0.3 is 0 Å². The minimum Gasteiger partial charge on any atom is -0.384 e. The lowest BCUT2D eigenvalue weighted by molar-refractivity contribution is -0.142. The van der Waals surface area contributed by atoms with E-state index in [1.165, 1.54) is 4.90 Å². The van der Waals surface area contributed by atoms with Crippen molar-refractivity contribution in [2.75, 3.05) is 20.6 Å². The highest BCUT2D eigenvalue weighted by Crippen LogP contribution is 2.15. The molecular formula is C29H41N9O4. The number of hydrogen-bond acceptors (Lipinski definition) is 6. The summed E-state index contributed by atoms with van der Waals surface area (Å²) in [5.41, 5.74) is 23.9. The van der Waals surface area contributed by atoms with Gasteiger partial charge < -0.3 is 38.5 Å². The molecule has 2 unspecified atom stereocenters. The lowest BCUT2D eigenvalue weighted by Gasteiger charge is -2.25. The number of nitrogen functional groups attached to an aromatic ring is 1. The molecular weight excluding hydrogens is 538 g/mol. The first-order chi connectivity index (χ1) is 19.9. The van der Waals surface area contributed by atoms with Crippen LogP contribution in [0, 0.1) is 11.3 Å². The van der Waals surface area contributed by atoms with Gasteiger partial charge in [-0.1, -0.05) is 54.6 Å². The quantitative estimate of drug-likeness (QED) is 0.0587. The first-order valence-corrected chi connectivity index (χ1v) is 13.5. The molecule has 13 heteroatoms. The van der Waals surface area contributed by atoms with Gasteiger partial charge in [0, 0.05) is 26.2 Å². The number of nitrogens with one attached hydrogen (secondary N) is 3. The number of rotatable bonds is 16. The van der Waals surface area contributed by atoms with Crippen molar-refractivity contribution in [2.24, 2.45) is 33.8 Å². The topological polar surface area (TPSA) is 236 Å². The van der Waals surface area contributed by atoms with Gasteiger partial charge in [-0.15, -0.1) is 0 Å². The third-order valence-corrected chi connectivity index (χ3v) is 6.56. The number of guanidine groups is 1. The van der Waals surface area contributed by atoms with E-state index in [4.69, 9.17) is 28.3 Å². The van der Waals surface area contributed by atoms with Crippen LogP contribution in [0.5, 0.6) is 0 Å². The van der Waals surface area contributed by atoms with Crippen molar-refractivity contribution < 1.29 is 19.2 Å². The van der Waals surface area contributed by atoms with Gasteiger partial charge in [0.05, 0.1) is 0 Å². The van der Waals surface area contributed by atoms with Crippen molar-refractivity contribution in [3.8, 4) is 0 Å². The molecule has 0 aliphatic heterocycles. The smallest absolute Gasteiger partial charge is 0.243 e. The van der Waals surface area contributed by atoms with Crippen LogP contribution in [-0.2, 0) is 32.0 Å². The summed E-state index contributed by atoms with van der Waals surface area (Å²) in [5.74, 6) is -3.75. The molecule has 2 aromatic carbocycles. The minimum atomic E-state index is -1.14. The molecule has 0 heterocycles. The van der Waals surface area contributed by atoms with Crippen molar-refractivity contribution in [2.45, 2.75) is 44.2 Å². The van der Waals surface area contributed by atoms with E-state index in [0.29, 0.717) is 24.0 Å². The van der Waals surface area contributed by atoms with E-state index in [1.807, 2.05) is 30.3 Å². The molecule has 4 amide bonds. The molecule has 13 nitrogen and oxygen atoms in total. The maximum absolute atomic E-state index is 13.6. The summed E-state index contributed by atoms with van der Waals surface area (Å²) in [7, 11) is 3.09. The highest BCUT2D eigenvalue weighted by Gasteiger charge is 2.32. The second-order valence-corrected chi connectivity index (χ2v) is 10.1. The lowest BCUT2D eigenvalue weighted by Crippen LogP contribution is -2.55. The molecule has 0 radical (unpaired) electrons. The van der Waals surface area contributed by atoms with Gasteiger partial charge in [-0.25, -0.2) is 0 Å². The zero-order chi connectivity index (χ0) is 31.2. The predicted molar refractivity (Wildman–Crippen MR) is 161 cm³/mol. The van der Waals surface area contributed by atoms with Crippen molar-refractivity contribution >= 4 is 35.4 Å². The second-order valence-electron chi connectivity index (χ2n) is 10.1. The average Bonchev–Trinajstić information content (AvgIpc) is 2.95. The second kappa shape index (κ2) is 16.4. The molecule has 0 aliphatic carbocycles. The van der Waals surface area contributed by atoms with Crippen LogP contribution in [0.2, 0.25) is 0 Å². The average molecular weight is 580 g/mol. The summed E-state index contributed by atoms with van der Waals surface area (Å²) in [5, 5.41) is 12.9. The number of carbonyl (C=O) groups excluding carboxylic acids is 4. The number of benzene rings is 2. The molecule has 0 fully saturated rings. The zero-order valence-corrected chi connectivity index (χ0v) is 24.0. The van der Waals surface area contributed by atoms with E-state index < -0.39 is 41.6 Å². The molecule has 0 spiro atoms. The lowest BCUT2D eigenvalue weighted by atomic mass is 9.95. The first kappa shape index (κ1) is 33.3. The fraction of sp³-hybridized carbons (Fsp3) is 0.379. The number of nitrogens with two attached hydrogens (primary N) is 4. The van der Waals surface area contributed by atoms with Crippen LogP contribution in [-0.4, -0.2) is 73.0 Å². The van der Waals surface area contributed by atoms with Gasteiger partial charge in [-0.2, -0.15) is 0 Å². The van der Waals surface area contributed by atoms with E-state index in [9.17, 15) is 19.2 Å². The number of hydrogen-bond donors (Lipinski definition) is 7. The van der Waals surface area contributed by atoms with Crippen molar-refractivity contribution in [3.63, 3.8) is 0 Å². The Bertz CT molecular complexity index is 1260. The Morgan fingerprint density at radius 3 is 2.00 bits per heavy atom. The van der Waals surface area contributed by atoms with Crippen LogP contribution in [0.25, 0.3) is 0 Å². The van der Waals surface area contributed by atoms with E-state index >= 15 is 0 Å². The van der Waals surface area contributed by atoms with Crippen LogP contribution in [0.4, 0.5) is 0 Å². The standard InChI is InChI=1S/C29H41N9O4/c1-38(2)28(42)21(17-19-10-13-20(14-11-19)24(30)31)26(40)37-23(15-12-18-7-4-3-5-8-18)27(41)36-22(25(32)39)9-6-16-35-29(33)34/h3-5,7-8,10-11,13-14,21-23H,6,9,12,15-17H2,1-2H3,(H3,30,31)(H2,32,39)(H,36,41)(H,37,40)(H4,33,34,35)/t21?,22-,23?/m0/s1. The molecule has 2 rings (SSSR count). The summed E-state index contributed by atoms with van der Waals surface area (Å²) >= 11 is 0. The SMILES string of the molecule is CN(C)C(=O)C(Cc1ccc(C(=N)N)cc1)C(=O)NC(CCc1ccccc1)C(=O)N[C@@H](CCCN=C(N)N)C(N)=O. The molecule has 0 saturated heterocycles. The van der Waals surface area contributed by atoms with E-state index in [0.717, 1.165) is 5.56 Å². The molecule has 226 valence electrons. The third-order valence-electron chi connectivity index (χ3n) is 6.56. The number of aryl methyl sites for hydroxylation is 1. The molecule has 11 N–H and O–H groups in total. The number of aliphatic imine (C=N–C) groups is 1.